The third kappa shape index (κ3) is 4.14. The predicted molar refractivity (Wildman–Crippen MR) is 77.9 cm³/mol. The van der Waals surface area contributed by atoms with E-state index in [1.807, 2.05) is 0 Å². The van der Waals surface area contributed by atoms with Gasteiger partial charge in [0.05, 0.1) is 31.1 Å². The first-order valence-corrected chi connectivity index (χ1v) is 7.61. The standard InChI is InChI=1S/C13H23N3O2S/c1-10-8-18-11(2)7-16(10)13-15-12(9-19-13)6-14-4-5-17-3/h9-11,14H,4-8H2,1-3H3. The number of thiazole rings is 1. The molecule has 6 heteroatoms. The molecule has 0 radical (unpaired) electrons. The topological polar surface area (TPSA) is 46.6 Å². The minimum atomic E-state index is 0.281. The molecule has 108 valence electrons. The summed E-state index contributed by atoms with van der Waals surface area (Å²) >= 11 is 1.71. The SMILES string of the molecule is COCCNCc1csc(N2CC(C)OCC2C)n1. The van der Waals surface area contributed by atoms with Crippen molar-refractivity contribution < 1.29 is 9.47 Å². The van der Waals surface area contributed by atoms with Gasteiger partial charge in [-0.25, -0.2) is 4.98 Å². The van der Waals surface area contributed by atoms with E-state index in [1.165, 1.54) is 0 Å². The zero-order chi connectivity index (χ0) is 13.7. The van der Waals surface area contributed by atoms with Crippen molar-refractivity contribution in [2.75, 3.05) is 38.3 Å². The predicted octanol–water partition coefficient (Wildman–Crippen LogP) is 1.49. The summed E-state index contributed by atoms with van der Waals surface area (Å²) in [6.45, 7) is 8.38. The molecular weight excluding hydrogens is 262 g/mol. The molecule has 1 aromatic heterocycles. The highest BCUT2D eigenvalue weighted by atomic mass is 32.1. The Morgan fingerprint density at radius 1 is 1.58 bits per heavy atom. The van der Waals surface area contributed by atoms with Crippen LogP contribution in [0.2, 0.25) is 0 Å². The molecule has 0 spiro atoms. The fourth-order valence-corrected chi connectivity index (χ4v) is 3.01. The maximum absolute atomic E-state index is 5.65. The summed E-state index contributed by atoms with van der Waals surface area (Å²) in [5.41, 5.74) is 1.10. The molecule has 1 N–H and O–H groups in total. The summed E-state index contributed by atoms with van der Waals surface area (Å²) in [5, 5.41) is 6.54. The molecule has 1 fully saturated rings. The minimum Gasteiger partial charge on any atom is -0.383 e. The zero-order valence-electron chi connectivity index (χ0n) is 11.9. The van der Waals surface area contributed by atoms with Gasteiger partial charge in [0, 0.05) is 32.1 Å². The molecule has 1 aliphatic heterocycles. The van der Waals surface area contributed by atoms with Gasteiger partial charge in [0.25, 0.3) is 0 Å². The number of morpholine rings is 1. The van der Waals surface area contributed by atoms with Crippen LogP contribution in [0, 0.1) is 0 Å². The summed E-state index contributed by atoms with van der Waals surface area (Å²) in [7, 11) is 1.71. The lowest BCUT2D eigenvalue weighted by atomic mass is 10.2. The first-order chi connectivity index (χ1) is 9.20. The maximum Gasteiger partial charge on any atom is 0.185 e. The number of rotatable bonds is 6. The van der Waals surface area contributed by atoms with Crippen LogP contribution in [0.25, 0.3) is 0 Å². The van der Waals surface area contributed by atoms with E-state index in [0.29, 0.717) is 6.04 Å². The monoisotopic (exact) mass is 285 g/mol. The summed E-state index contributed by atoms with van der Waals surface area (Å²) in [5.74, 6) is 0. The molecule has 0 amide bonds. The lowest BCUT2D eigenvalue weighted by Crippen LogP contribution is -2.47. The maximum atomic E-state index is 5.65. The van der Waals surface area contributed by atoms with E-state index >= 15 is 0 Å². The van der Waals surface area contributed by atoms with Crippen molar-refractivity contribution >= 4 is 16.5 Å². The van der Waals surface area contributed by atoms with Crippen LogP contribution in [0.15, 0.2) is 5.38 Å². The van der Waals surface area contributed by atoms with Crippen molar-refractivity contribution in [3.63, 3.8) is 0 Å². The highest BCUT2D eigenvalue weighted by Gasteiger charge is 2.25. The van der Waals surface area contributed by atoms with Crippen molar-refractivity contribution in [2.24, 2.45) is 0 Å². The van der Waals surface area contributed by atoms with Gasteiger partial charge in [0.2, 0.25) is 0 Å². The molecule has 19 heavy (non-hydrogen) atoms. The lowest BCUT2D eigenvalue weighted by molar-refractivity contribution is 0.0343. The van der Waals surface area contributed by atoms with Gasteiger partial charge in [-0.1, -0.05) is 0 Å². The lowest BCUT2D eigenvalue weighted by Gasteiger charge is -2.36. The van der Waals surface area contributed by atoms with Gasteiger partial charge in [0.15, 0.2) is 5.13 Å². The van der Waals surface area contributed by atoms with Gasteiger partial charge < -0.3 is 19.7 Å². The van der Waals surface area contributed by atoms with Crippen LogP contribution in [0.5, 0.6) is 0 Å². The molecule has 1 aromatic rings. The molecular formula is C13H23N3O2S. The number of aromatic nitrogens is 1. The molecule has 5 nitrogen and oxygen atoms in total. The summed E-state index contributed by atoms with van der Waals surface area (Å²) in [6.07, 6.45) is 0.281. The fourth-order valence-electron chi connectivity index (χ4n) is 2.07. The van der Waals surface area contributed by atoms with Crippen molar-refractivity contribution in [2.45, 2.75) is 32.5 Å². The quantitative estimate of drug-likeness (QED) is 0.803. The second kappa shape index (κ2) is 7.19. The molecule has 2 unspecified atom stereocenters. The molecule has 1 aliphatic rings. The second-order valence-corrected chi connectivity index (χ2v) is 5.77. The normalized spacial score (nSPS) is 23.8. The second-order valence-electron chi connectivity index (χ2n) is 4.94. The molecule has 0 bridgehead atoms. The van der Waals surface area contributed by atoms with E-state index in [2.05, 4.69) is 29.4 Å². The van der Waals surface area contributed by atoms with Crippen LogP contribution < -0.4 is 10.2 Å². The van der Waals surface area contributed by atoms with Crippen LogP contribution in [0.4, 0.5) is 5.13 Å². The molecule has 2 rings (SSSR count). The van der Waals surface area contributed by atoms with Gasteiger partial charge in [-0.05, 0) is 13.8 Å². The Balaban J connectivity index is 1.88. The number of methoxy groups -OCH3 is 1. The Morgan fingerprint density at radius 2 is 2.42 bits per heavy atom. The van der Waals surface area contributed by atoms with Crippen molar-refractivity contribution in [1.29, 1.82) is 0 Å². The van der Waals surface area contributed by atoms with Gasteiger partial charge in [0.1, 0.15) is 0 Å². The van der Waals surface area contributed by atoms with E-state index in [4.69, 9.17) is 14.5 Å². The third-order valence-electron chi connectivity index (χ3n) is 3.18. The van der Waals surface area contributed by atoms with Crippen molar-refractivity contribution in [1.82, 2.24) is 10.3 Å². The Morgan fingerprint density at radius 3 is 3.21 bits per heavy atom. The number of nitrogens with zero attached hydrogens (tertiary/aromatic N) is 2. The van der Waals surface area contributed by atoms with Crippen LogP contribution in [-0.2, 0) is 16.0 Å². The van der Waals surface area contributed by atoms with Crippen LogP contribution in [-0.4, -0.2) is 50.5 Å². The average Bonchev–Trinajstić information content (AvgIpc) is 2.86. The summed E-state index contributed by atoms with van der Waals surface area (Å²) in [4.78, 5) is 7.05. The molecule has 0 aliphatic carbocycles. The molecule has 2 atom stereocenters. The van der Waals surface area contributed by atoms with E-state index < -0.39 is 0 Å². The highest BCUT2D eigenvalue weighted by molar-refractivity contribution is 7.13. The van der Waals surface area contributed by atoms with Crippen molar-refractivity contribution in [3.8, 4) is 0 Å². The molecule has 0 saturated carbocycles. The van der Waals surface area contributed by atoms with Crippen LogP contribution in [0.3, 0.4) is 0 Å². The number of hydrogen-bond donors (Lipinski definition) is 1. The van der Waals surface area contributed by atoms with Gasteiger partial charge >= 0.3 is 0 Å². The van der Waals surface area contributed by atoms with E-state index in [-0.39, 0.29) is 6.10 Å². The number of ether oxygens (including phenoxy) is 2. The van der Waals surface area contributed by atoms with E-state index in [1.54, 1.807) is 18.4 Å². The number of nitrogens with one attached hydrogen (secondary N) is 1. The van der Waals surface area contributed by atoms with E-state index in [9.17, 15) is 0 Å². The minimum absolute atomic E-state index is 0.281. The third-order valence-corrected chi connectivity index (χ3v) is 4.11. The molecule has 2 heterocycles. The smallest absolute Gasteiger partial charge is 0.185 e. The summed E-state index contributed by atoms with van der Waals surface area (Å²) < 4.78 is 10.7. The number of hydrogen-bond acceptors (Lipinski definition) is 6. The van der Waals surface area contributed by atoms with Gasteiger partial charge in [-0.2, -0.15) is 0 Å². The Bertz CT molecular complexity index is 386. The first-order valence-electron chi connectivity index (χ1n) is 6.73. The van der Waals surface area contributed by atoms with Crippen LogP contribution in [0.1, 0.15) is 19.5 Å². The average molecular weight is 285 g/mol. The van der Waals surface area contributed by atoms with Gasteiger partial charge in [-0.3, -0.25) is 0 Å². The van der Waals surface area contributed by atoms with Crippen molar-refractivity contribution in [3.05, 3.63) is 11.1 Å². The molecule has 0 aromatic carbocycles. The Hall–Kier alpha value is -0.690. The molecule has 1 saturated heterocycles. The zero-order valence-corrected chi connectivity index (χ0v) is 12.7. The number of anilines is 1. The Kier molecular flexibility index (Phi) is 5.57. The van der Waals surface area contributed by atoms with Gasteiger partial charge in [-0.15, -0.1) is 11.3 Å². The fraction of sp³-hybridized carbons (Fsp3) is 0.769. The largest absolute Gasteiger partial charge is 0.383 e. The highest BCUT2D eigenvalue weighted by Crippen LogP contribution is 2.25. The van der Waals surface area contributed by atoms with Crippen LogP contribution >= 0.6 is 11.3 Å². The summed E-state index contributed by atoms with van der Waals surface area (Å²) in [6, 6.07) is 0.400. The first kappa shape index (κ1) is 14.7. The Labute approximate surface area is 118 Å². The van der Waals surface area contributed by atoms with E-state index in [0.717, 1.165) is 43.7 Å².